The third kappa shape index (κ3) is 16.3. The predicted octanol–water partition coefficient (Wildman–Crippen LogP) is 3.25. The van der Waals surface area contributed by atoms with E-state index in [1.54, 1.807) is 29.9 Å². The lowest BCUT2D eigenvalue weighted by atomic mass is 9.88. The monoisotopic (exact) mass is 300 g/mol. The molecule has 0 aromatic carbocycles. The smallest absolute Gasteiger partial charge is 0.289 e. The van der Waals surface area contributed by atoms with Crippen LogP contribution in [0.25, 0.3) is 0 Å². The van der Waals surface area contributed by atoms with E-state index >= 15 is 0 Å². The molecule has 0 aliphatic heterocycles. The van der Waals surface area contributed by atoms with Crippen molar-refractivity contribution in [2.45, 2.75) is 57.0 Å². The van der Waals surface area contributed by atoms with Gasteiger partial charge in [0.15, 0.2) is 0 Å². The van der Waals surface area contributed by atoms with E-state index in [1.165, 1.54) is 0 Å². The largest absolute Gasteiger partial charge is 0.440 e. The van der Waals surface area contributed by atoms with Crippen molar-refractivity contribution >= 4 is 29.9 Å². The van der Waals surface area contributed by atoms with Crippen LogP contribution in [0.15, 0.2) is 0 Å². The van der Waals surface area contributed by atoms with Gasteiger partial charge in [0.1, 0.15) is 0 Å². The summed E-state index contributed by atoms with van der Waals surface area (Å²) in [7, 11) is 6.65. The quantitative estimate of drug-likeness (QED) is 0.518. The van der Waals surface area contributed by atoms with Gasteiger partial charge < -0.3 is 18.6 Å². The van der Waals surface area contributed by atoms with Gasteiger partial charge >= 0.3 is 0 Å². The molecule has 0 heterocycles. The molecule has 0 saturated heterocycles. The van der Waals surface area contributed by atoms with Crippen molar-refractivity contribution in [3.05, 3.63) is 0 Å². The summed E-state index contributed by atoms with van der Waals surface area (Å²) < 4.78 is 21.5. The average molecular weight is 300 g/mol. The van der Waals surface area contributed by atoms with Gasteiger partial charge in [-0.05, 0) is 0 Å². The summed E-state index contributed by atoms with van der Waals surface area (Å²) in [6.45, 7) is 9.37. The Morgan fingerprint density at radius 1 is 0.524 bits per heavy atom. The van der Waals surface area contributed by atoms with Crippen LogP contribution in [0.3, 0.4) is 0 Å². The molecule has 0 unspecified atom stereocenters. The molecular formula is C13H36B4O4. The Kier molecular flexibility index (Phi) is 35.1. The van der Waals surface area contributed by atoms with Crippen LogP contribution in [0.4, 0.5) is 0 Å². The van der Waals surface area contributed by atoms with Crippen molar-refractivity contribution in [3.63, 3.8) is 0 Å². The van der Waals surface area contributed by atoms with Gasteiger partial charge in [-0.1, -0.05) is 57.0 Å². The number of hydrogen-bond donors (Lipinski definition) is 0. The molecule has 0 aliphatic carbocycles. The standard InChI is InChI=1S/C9H20B4O4.4CH4/c1-10-14-5-9(6-15-11-2,7-16-12-3)8-17-13-4;;;;/h5-8H2,1-4H3;4*1H4. The van der Waals surface area contributed by atoms with Gasteiger partial charge in [0, 0.05) is 26.4 Å². The molecule has 0 fully saturated rings. The van der Waals surface area contributed by atoms with E-state index in [2.05, 4.69) is 0 Å². The topological polar surface area (TPSA) is 36.9 Å². The molecule has 4 nitrogen and oxygen atoms in total. The maximum absolute atomic E-state index is 5.38. The highest BCUT2D eigenvalue weighted by Crippen LogP contribution is 2.20. The zero-order valence-corrected chi connectivity index (χ0v) is 11.3. The first kappa shape index (κ1) is 32.9. The number of rotatable bonds is 12. The Bertz CT molecular complexity index is 139. The molecule has 0 amide bonds. The second-order valence-corrected chi connectivity index (χ2v) is 3.69. The van der Waals surface area contributed by atoms with Crippen LogP contribution in [0.1, 0.15) is 29.7 Å². The fraction of sp³-hybridized carbons (Fsp3) is 1.00. The Morgan fingerprint density at radius 3 is 0.857 bits per heavy atom. The number of hydrogen-bond acceptors (Lipinski definition) is 4. The minimum atomic E-state index is -0.308. The molecule has 0 saturated carbocycles. The SMILES string of the molecule is C.C.C.C.C[B]OCC(CO[B]C)(CO[B]C)CO[B]C. The molecule has 0 N–H and O–H groups in total. The van der Waals surface area contributed by atoms with Crippen molar-refractivity contribution in [2.75, 3.05) is 26.4 Å². The lowest BCUT2D eigenvalue weighted by Crippen LogP contribution is -2.42. The van der Waals surface area contributed by atoms with Gasteiger partial charge in [0.05, 0.1) is 5.41 Å². The van der Waals surface area contributed by atoms with Crippen molar-refractivity contribution in [3.8, 4) is 0 Å². The van der Waals surface area contributed by atoms with Crippen LogP contribution in [0.2, 0.25) is 27.3 Å². The fourth-order valence-electron chi connectivity index (χ4n) is 1.29. The van der Waals surface area contributed by atoms with Crippen molar-refractivity contribution < 1.29 is 18.6 Å². The Balaban J connectivity index is -0.000000213. The van der Waals surface area contributed by atoms with E-state index in [9.17, 15) is 0 Å². The molecule has 8 heteroatoms. The molecule has 0 aliphatic rings. The molecule has 0 aromatic heterocycles. The maximum Gasteiger partial charge on any atom is 0.289 e. The second-order valence-electron chi connectivity index (χ2n) is 3.69. The molecule has 0 spiro atoms. The lowest BCUT2D eigenvalue weighted by molar-refractivity contribution is 0.000175. The second kappa shape index (κ2) is 22.4. The Hall–Kier alpha value is 0.0997. The highest BCUT2D eigenvalue weighted by atomic mass is 16.5. The van der Waals surface area contributed by atoms with Crippen molar-refractivity contribution in [1.82, 2.24) is 0 Å². The lowest BCUT2D eigenvalue weighted by Gasteiger charge is -2.33. The van der Waals surface area contributed by atoms with Crippen molar-refractivity contribution in [2.24, 2.45) is 5.41 Å². The van der Waals surface area contributed by atoms with Gasteiger partial charge in [-0.2, -0.15) is 0 Å². The van der Waals surface area contributed by atoms with Gasteiger partial charge in [-0.3, -0.25) is 0 Å². The minimum absolute atomic E-state index is 0. The normalized spacial score (nSPS) is 8.95. The van der Waals surface area contributed by atoms with Crippen LogP contribution < -0.4 is 0 Å². The van der Waals surface area contributed by atoms with Gasteiger partial charge in [0.25, 0.3) is 29.9 Å². The summed E-state index contributed by atoms with van der Waals surface area (Å²) in [5, 5.41) is 0. The van der Waals surface area contributed by atoms with Gasteiger partial charge in [0.2, 0.25) is 0 Å². The van der Waals surface area contributed by atoms with Gasteiger partial charge in [-0.15, -0.1) is 0 Å². The molecule has 0 bridgehead atoms. The third-order valence-electron chi connectivity index (χ3n) is 2.22. The summed E-state index contributed by atoms with van der Waals surface area (Å²) in [4.78, 5) is 0. The Labute approximate surface area is 138 Å². The average Bonchev–Trinajstić information content (AvgIpc) is 2.37. The highest BCUT2D eigenvalue weighted by Gasteiger charge is 2.31. The zero-order valence-electron chi connectivity index (χ0n) is 11.3. The third-order valence-corrected chi connectivity index (χ3v) is 2.22. The summed E-state index contributed by atoms with van der Waals surface area (Å²) in [6.07, 6.45) is 0. The van der Waals surface area contributed by atoms with Crippen LogP contribution in [0, 0.1) is 5.41 Å². The van der Waals surface area contributed by atoms with Gasteiger partial charge in [-0.25, -0.2) is 0 Å². The molecule has 0 rings (SSSR count). The first-order chi connectivity index (χ1) is 8.24. The summed E-state index contributed by atoms with van der Waals surface area (Å²) in [6, 6.07) is 0. The molecule has 4 radical (unpaired) electrons. The highest BCUT2D eigenvalue weighted by molar-refractivity contribution is 6.25. The molecule has 124 valence electrons. The molecule has 0 atom stereocenters. The van der Waals surface area contributed by atoms with Crippen LogP contribution >= 0.6 is 0 Å². The Morgan fingerprint density at radius 2 is 0.714 bits per heavy atom. The zero-order chi connectivity index (χ0) is 13.0. The summed E-state index contributed by atoms with van der Waals surface area (Å²) in [5.41, 5.74) is -0.308. The van der Waals surface area contributed by atoms with Crippen molar-refractivity contribution in [1.29, 1.82) is 0 Å². The first-order valence-electron chi connectivity index (χ1n) is 5.82. The summed E-state index contributed by atoms with van der Waals surface area (Å²) in [5.74, 6) is 0. The molecular weight excluding hydrogens is 263 g/mol. The van der Waals surface area contributed by atoms with E-state index in [0.717, 1.165) is 0 Å². The molecule has 0 aromatic rings. The van der Waals surface area contributed by atoms with Crippen LogP contribution in [-0.4, -0.2) is 56.4 Å². The van der Waals surface area contributed by atoms with E-state index < -0.39 is 0 Å². The summed E-state index contributed by atoms with van der Waals surface area (Å²) >= 11 is 0. The predicted molar refractivity (Wildman–Crippen MR) is 99.6 cm³/mol. The van der Waals surface area contributed by atoms with E-state index in [4.69, 9.17) is 18.6 Å². The first-order valence-corrected chi connectivity index (χ1v) is 5.82. The minimum Gasteiger partial charge on any atom is -0.440 e. The van der Waals surface area contributed by atoms with E-state index in [1.807, 2.05) is 27.3 Å². The molecule has 21 heavy (non-hydrogen) atoms. The van der Waals surface area contributed by atoms with E-state index in [0.29, 0.717) is 26.4 Å². The maximum atomic E-state index is 5.38. The van der Waals surface area contributed by atoms with E-state index in [-0.39, 0.29) is 35.1 Å². The van der Waals surface area contributed by atoms with Crippen LogP contribution in [-0.2, 0) is 18.6 Å². The van der Waals surface area contributed by atoms with Crippen LogP contribution in [0.5, 0.6) is 0 Å². The fourth-order valence-corrected chi connectivity index (χ4v) is 1.29.